The first-order chi connectivity index (χ1) is 14.5. The normalized spacial score (nSPS) is 17.6. The second kappa shape index (κ2) is 8.26. The van der Waals surface area contributed by atoms with Crippen molar-refractivity contribution in [3.8, 4) is 22.8 Å². The van der Waals surface area contributed by atoms with Gasteiger partial charge in [-0.3, -0.25) is 9.78 Å². The molecule has 2 atom stereocenters. The maximum atomic E-state index is 12.2. The molecule has 0 bridgehead atoms. The van der Waals surface area contributed by atoms with Gasteiger partial charge in [0.05, 0.1) is 25.5 Å². The molecule has 7 nitrogen and oxygen atoms in total. The molecule has 3 aromatic rings. The minimum Gasteiger partial charge on any atom is -0.495 e. The van der Waals surface area contributed by atoms with Gasteiger partial charge in [-0.05, 0) is 38.0 Å². The molecule has 1 saturated carbocycles. The van der Waals surface area contributed by atoms with Crippen LogP contribution < -0.4 is 15.0 Å². The molecular weight excluding hydrogens is 380 g/mol. The second-order valence-electron chi connectivity index (χ2n) is 7.70. The summed E-state index contributed by atoms with van der Waals surface area (Å²) in [5.74, 6) is 2.76. The Balaban J connectivity index is 1.52. The zero-order valence-corrected chi connectivity index (χ0v) is 17.8. The van der Waals surface area contributed by atoms with Crippen LogP contribution in [0.2, 0.25) is 0 Å². The van der Waals surface area contributed by atoms with Crippen LogP contribution in [-0.4, -0.2) is 33.2 Å². The first-order valence-corrected chi connectivity index (χ1v) is 10.2. The molecule has 1 unspecified atom stereocenters. The summed E-state index contributed by atoms with van der Waals surface area (Å²) in [6.07, 6.45) is 7.04. The number of ether oxygens (including phenoxy) is 2. The van der Waals surface area contributed by atoms with E-state index in [4.69, 9.17) is 9.47 Å². The SMILES string of the molecule is CCc1cc(-c2cnc(C)nc2OCC2C[C@H]2c2ccc(OC)cn2)cn(C)c1=O. The Labute approximate surface area is 175 Å². The highest BCUT2D eigenvalue weighted by atomic mass is 16.5. The third kappa shape index (κ3) is 4.06. The maximum Gasteiger partial charge on any atom is 0.253 e. The van der Waals surface area contributed by atoms with E-state index >= 15 is 0 Å². The Morgan fingerprint density at radius 1 is 1.23 bits per heavy atom. The van der Waals surface area contributed by atoms with E-state index in [1.807, 2.05) is 38.2 Å². The smallest absolute Gasteiger partial charge is 0.253 e. The third-order valence-corrected chi connectivity index (χ3v) is 5.56. The summed E-state index contributed by atoms with van der Waals surface area (Å²) in [6, 6.07) is 5.86. The number of hydrogen-bond donors (Lipinski definition) is 0. The molecule has 0 aromatic carbocycles. The summed E-state index contributed by atoms with van der Waals surface area (Å²) in [4.78, 5) is 25.6. The van der Waals surface area contributed by atoms with Gasteiger partial charge in [0.25, 0.3) is 5.56 Å². The molecule has 4 rings (SSSR count). The van der Waals surface area contributed by atoms with Gasteiger partial charge in [-0.25, -0.2) is 4.98 Å². The number of pyridine rings is 2. The monoisotopic (exact) mass is 406 g/mol. The van der Waals surface area contributed by atoms with E-state index in [0.717, 1.165) is 34.6 Å². The van der Waals surface area contributed by atoms with Crippen LogP contribution >= 0.6 is 0 Å². The van der Waals surface area contributed by atoms with Crippen molar-refractivity contribution < 1.29 is 9.47 Å². The van der Waals surface area contributed by atoms with E-state index in [-0.39, 0.29) is 5.56 Å². The number of methoxy groups -OCH3 is 1. The topological polar surface area (TPSA) is 79.1 Å². The van der Waals surface area contributed by atoms with Crippen molar-refractivity contribution >= 4 is 0 Å². The molecule has 7 heteroatoms. The average Bonchev–Trinajstić information content (AvgIpc) is 3.54. The largest absolute Gasteiger partial charge is 0.495 e. The fourth-order valence-electron chi connectivity index (χ4n) is 3.65. The lowest BCUT2D eigenvalue weighted by atomic mass is 10.1. The average molecular weight is 406 g/mol. The van der Waals surface area contributed by atoms with Crippen molar-refractivity contribution in [3.05, 3.63) is 64.2 Å². The summed E-state index contributed by atoms with van der Waals surface area (Å²) in [5, 5.41) is 0. The Morgan fingerprint density at radius 3 is 2.77 bits per heavy atom. The lowest BCUT2D eigenvalue weighted by Gasteiger charge is -2.13. The van der Waals surface area contributed by atoms with Crippen LogP contribution in [0.25, 0.3) is 11.1 Å². The predicted octanol–water partition coefficient (Wildman–Crippen LogP) is 3.30. The van der Waals surface area contributed by atoms with E-state index in [1.165, 1.54) is 0 Å². The van der Waals surface area contributed by atoms with Crippen molar-refractivity contribution in [1.82, 2.24) is 19.5 Å². The van der Waals surface area contributed by atoms with Gasteiger partial charge in [-0.2, -0.15) is 4.98 Å². The summed E-state index contributed by atoms with van der Waals surface area (Å²) in [7, 11) is 3.40. The summed E-state index contributed by atoms with van der Waals surface area (Å²) < 4.78 is 12.9. The van der Waals surface area contributed by atoms with Crippen molar-refractivity contribution in [2.24, 2.45) is 13.0 Å². The number of hydrogen-bond acceptors (Lipinski definition) is 6. The second-order valence-corrected chi connectivity index (χ2v) is 7.70. The molecule has 3 heterocycles. The highest BCUT2D eigenvalue weighted by molar-refractivity contribution is 5.67. The Hall–Kier alpha value is -3.22. The first-order valence-electron chi connectivity index (χ1n) is 10.2. The highest BCUT2D eigenvalue weighted by Crippen LogP contribution is 2.47. The van der Waals surface area contributed by atoms with Gasteiger partial charge in [0, 0.05) is 48.1 Å². The van der Waals surface area contributed by atoms with Crippen molar-refractivity contribution in [2.45, 2.75) is 32.6 Å². The van der Waals surface area contributed by atoms with Gasteiger partial charge in [0.1, 0.15) is 11.6 Å². The molecule has 1 aliphatic carbocycles. The number of rotatable bonds is 7. The van der Waals surface area contributed by atoms with E-state index < -0.39 is 0 Å². The zero-order valence-electron chi connectivity index (χ0n) is 17.8. The van der Waals surface area contributed by atoms with Gasteiger partial charge in [-0.1, -0.05) is 6.92 Å². The summed E-state index contributed by atoms with van der Waals surface area (Å²) >= 11 is 0. The molecule has 0 saturated heterocycles. The maximum absolute atomic E-state index is 12.2. The van der Waals surface area contributed by atoms with E-state index in [1.54, 1.807) is 31.1 Å². The molecular formula is C23H26N4O3. The van der Waals surface area contributed by atoms with E-state index in [0.29, 0.717) is 36.6 Å². The van der Waals surface area contributed by atoms with Gasteiger partial charge >= 0.3 is 0 Å². The van der Waals surface area contributed by atoms with Crippen LogP contribution in [0.3, 0.4) is 0 Å². The molecule has 3 aromatic heterocycles. The molecule has 0 radical (unpaired) electrons. The van der Waals surface area contributed by atoms with Crippen molar-refractivity contribution in [3.63, 3.8) is 0 Å². The minimum atomic E-state index is 0.0181. The minimum absolute atomic E-state index is 0.0181. The number of nitrogens with zero attached hydrogens (tertiary/aromatic N) is 4. The van der Waals surface area contributed by atoms with Crippen molar-refractivity contribution in [2.75, 3.05) is 13.7 Å². The fourth-order valence-corrected chi connectivity index (χ4v) is 3.65. The first kappa shape index (κ1) is 20.1. The van der Waals surface area contributed by atoms with Crippen LogP contribution in [0.1, 0.15) is 36.3 Å². The van der Waals surface area contributed by atoms with Gasteiger partial charge in [-0.15, -0.1) is 0 Å². The molecule has 0 amide bonds. The van der Waals surface area contributed by atoms with Gasteiger partial charge < -0.3 is 14.0 Å². The van der Waals surface area contributed by atoms with Crippen LogP contribution in [0, 0.1) is 12.8 Å². The molecule has 156 valence electrons. The molecule has 0 N–H and O–H groups in total. The zero-order chi connectivity index (χ0) is 21.3. The fraction of sp³-hybridized carbons (Fsp3) is 0.391. The van der Waals surface area contributed by atoms with Crippen molar-refractivity contribution in [1.29, 1.82) is 0 Å². The summed E-state index contributed by atoms with van der Waals surface area (Å²) in [5.41, 5.74) is 3.52. The van der Waals surface area contributed by atoms with Crippen LogP contribution in [0.4, 0.5) is 0 Å². The Bertz CT molecular complexity index is 1110. The third-order valence-electron chi connectivity index (χ3n) is 5.56. The van der Waals surface area contributed by atoms with Gasteiger partial charge in [0.15, 0.2) is 0 Å². The predicted molar refractivity (Wildman–Crippen MR) is 114 cm³/mol. The Kier molecular flexibility index (Phi) is 5.53. The van der Waals surface area contributed by atoms with E-state index in [2.05, 4.69) is 15.0 Å². The lowest BCUT2D eigenvalue weighted by molar-refractivity contribution is 0.285. The Morgan fingerprint density at radius 2 is 2.07 bits per heavy atom. The standard InChI is InChI=1S/C23H26N4O3/c1-5-15-8-16(12-27(3)23(15)28)20-11-24-14(2)26-22(20)30-13-17-9-19(17)21-7-6-18(29-4)10-25-21/h6-8,10-12,17,19H,5,9,13H2,1-4H3/t17?,19-/m1/s1. The molecule has 30 heavy (non-hydrogen) atoms. The highest BCUT2D eigenvalue weighted by Gasteiger charge is 2.40. The molecule has 0 spiro atoms. The molecule has 0 aliphatic heterocycles. The van der Waals surface area contributed by atoms with Crippen LogP contribution in [0.5, 0.6) is 11.6 Å². The number of aromatic nitrogens is 4. The van der Waals surface area contributed by atoms with Gasteiger partial charge in [0.2, 0.25) is 5.88 Å². The number of aryl methyl sites for hydroxylation is 3. The quantitative estimate of drug-likeness (QED) is 0.599. The van der Waals surface area contributed by atoms with Crippen LogP contribution in [0.15, 0.2) is 41.6 Å². The molecule has 1 aliphatic rings. The molecule has 1 fully saturated rings. The van der Waals surface area contributed by atoms with Crippen LogP contribution in [-0.2, 0) is 13.5 Å². The summed E-state index contributed by atoms with van der Waals surface area (Å²) in [6.45, 7) is 4.38. The lowest BCUT2D eigenvalue weighted by Crippen LogP contribution is -2.20. The van der Waals surface area contributed by atoms with E-state index in [9.17, 15) is 4.79 Å².